The summed E-state index contributed by atoms with van der Waals surface area (Å²) in [5.74, 6) is -0.252. The van der Waals surface area contributed by atoms with Crippen LogP contribution < -0.4 is 5.32 Å². The molecule has 0 aliphatic heterocycles. The molecule has 3 aromatic rings. The first kappa shape index (κ1) is 19.3. The average molecular weight is 422 g/mol. The van der Waals surface area contributed by atoms with Gasteiger partial charge in [-0.1, -0.05) is 17.7 Å². The maximum absolute atomic E-state index is 12.6. The van der Waals surface area contributed by atoms with Crippen LogP contribution in [0, 0.1) is 0 Å². The third-order valence-electron chi connectivity index (χ3n) is 3.53. The Morgan fingerprint density at radius 1 is 1.37 bits per heavy atom. The van der Waals surface area contributed by atoms with Crippen molar-refractivity contribution in [1.82, 2.24) is 9.88 Å². The fraction of sp³-hybridized carbons (Fsp3) is 0.167. The van der Waals surface area contributed by atoms with E-state index < -0.39 is 0 Å². The van der Waals surface area contributed by atoms with Gasteiger partial charge in [0.05, 0.1) is 29.3 Å². The summed E-state index contributed by atoms with van der Waals surface area (Å²) in [5, 5.41) is 4.83. The number of carbonyl (C=O) groups is 2. The lowest BCUT2D eigenvalue weighted by Crippen LogP contribution is -2.31. The molecule has 0 aromatic carbocycles. The van der Waals surface area contributed by atoms with Crippen molar-refractivity contribution < 1.29 is 14.0 Å². The summed E-state index contributed by atoms with van der Waals surface area (Å²) in [5.41, 5.74) is 0.595. The summed E-state index contributed by atoms with van der Waals surface area (Å²) in [4.78, 5) is 31.6. The Balaban J connectivity index is 1.61. The van der Waals surface area contributed by atoms with E-state index in [1.165, 1.54) is 28.9 Å². The Kier molecular flexibility index (Phi) is 6.44. The van der Waals surface area contributed by atoms with Gasteiger partial charge in [-0.3, -0.25) is 14.9 Å². The monoisotopic (exact) mass is 421 g/mol. The van der Waals surface area contributed by atoms with Gasteiger partial charge in [-0.25, -0.2) is 4.98 Å². The first-order valence-electron chi connectivity index (χ1n) is 7.97. The predicted molar refractivity (Wildman–Crippen MR) is 107 cm³/mol. The minimum Gasteiger partial charge on any atom is -0.459 e. The molecule has 27 heavy (non-hydrogen) atoms. The molecule has 140 valence electrons. The molecule has 3 rings (SSSR count). The van der Waals surface area contributed by atoms with E-state index in [4.69, 9.17) is 16.0 Å². The van der Waals surface area contributed by atoms with Gasteiger partial charge in [-0.15, -0.1) is 29.3 Å². The highest BCUT2D eigenvalue weighted by Gasteiger charge is 2.17. The highest BCUT2D eigenvalue weighted by Crippen LogP contribution is 2.23. The third kappa shape index (κ3) is 5.29. The molecule has 0 fully saturated rings. The van der Waals surface area contributed by atoms with Crippen LogP contribution in [0.1, 0.15) is 21.1 Å². The lowest BCUT2D eigenvalue weighted by Gasteiger charge is -2.20. The summed E-state index contributed by atoms with van der Waals surface area (Å²) in [7, 11) is 0. The number of aromatic nitrogens is 1. The second-order valence-corrected chi connectivity index (χ2v) is 8.18. The number of anilines is 1. The Bertz CT molecular complexity index is 933. The van der Waals surface area contributed by atoms with Gasteiger partial charge in [0, 0.05) is 16.8 Å². The molecule has 0 unspecified atom stereocenters. The number of nitrogens with zero attached hydrogens (tertiary/aromatic N) is 2. The summed E-state index contributed by atoms with van der Waals surface area (Å²) in [6, 6.07) is 6.92. The van der Waals surface area contributed by atoms with E-state index in [0.717, 1.165) is 4.88 Å². The number of nitrogens with one attached hydrogen (secondary N) is 1. The van der Waals surface area contributed by atoms with Gasteiger partial charge >= 0.3 is 0 Å². The SMILES string of the molecule is C=CCN(Cc1ccc(Cl)s1)C(=O)Cc1csc(NC(=O)c2ccco2)n1. The van der Waals surface area contributed by atoms with Crippen LogP contribution in [-0.4, -0.2) is 28.2 Å². The zero-order valence-corrected chi connectivity index (χ0v) is 16.6. The minimum atomic E-state index is -0.380. The summed E-state index contributed by atoms with van der Waals surface area (Å²) in [6.07, 6.45) is 3.25. The maximum Gasteiger partial charge on any atom is 0.293 e. The van der Waals surface area contributed by atoms with Crippen LogP contribution in [0.2, 0.25) is 4.34 Å². The van der Waals surface area contributed by atoms with Crippen LogP contribution in [0.4, 0.5) is 5.13 Å². The molecular formula is C18H16ClN3O3S2. The zero-order chi connectivity index (χ0) is 19.2. The van der Waals surface area contributed by atoms with E-state index in [1.807, 2.05) is 12.1 Å². The van der Waals surface area contributed by atoms with E-state index in [2.05, 4.69) is 16.9 Å². The molecule has 2 amide bonds. The van der Waals surface area contributed by atoms with E-state index in [9.17, 15) is 9.59 Å². The second kappa shape index (κ2) is 8.98. The van der Waals surface area contributed by atoms with Crippen LogP contribution in [0.3, 0.4) is 0 Å². The predicted octanol–water partition coefficient (Wildman–Crippen LogP) is 4.46. The lowest BCUT2D eigenvalue weighted by molar-refractivity contribution is -0.130. The Morgan fingerprint density at radius 2 is 2.22 bits per heavy atom. The maximum atomic E-state index is 12.6. The van der Waals surface area contributed by atoms with Crippen molar-refractivity contribution in [3.63, 3.8) is 0 Å². The van der Waals surface area contributed by atoms with Crippen molar-refractivity contribution in [2.45, 2.75) is 13.0 Å². The molecule has 0 saturated heterocycles. The van der Waals surface area contributed by atoms with Crippen molar-refractivity contribution in [2.75, 3.05) is 11.9 Å². The zero-order valence-electron chi connectivity index (χ0n) is 14.2. The molecule has 6 nitrogen and oxygen atoms in total. The van der Waals surface area contributed by atoms with Crippen molar-refractivity contribution >= 4 is 51.2 Å². The Labute approximate surface area is 169 Å². The highest BCUT2D eigenvalue weighted by molar-refractivity contribution is 7.16. The lowest BCUT2D eigenvalue weighted by atomic mass is 10.3. The van der Waals surface area contributed by atoms with Crippen LogP contribution in [0.15, 0.2) is 53.0 Å². The van der Waals surface area contributed by atoms with Crippen LogP contribution in [0.5, 0.6) is 0 Å². The Morgan fingerprint density at radius 3 is 2.89 bits per heavy atom. The quantitative estimate of drug-likeness (QED) is 0.545. The van der Waals surface area contributed by atoms with Gasteiger partial charge in [0.1, 0.15) is 0 Å². The summed E-state index contributed by atoms with van der Waals surface area (Å²) >= 11 is 8.66. The summed E-state index contributed by atoms with van der Waals surface area (Å²) < 4.78 is 5.73. The number of carbonyl (C=O) groups excluding carboxylic acids is 2. The third-order valence-corrected chi connectivity index (χ3v) is 5.55. The second-order valence-electron chi connectivity index (χ2n) is 5.52. The molecule has 0 atom stereocenters. The first-order valence-corrected chi connectivity index (χ1v) is 10.0. The Hall–Kier alpha value is -2.42. The van der Waals surface area contributed by atoms with Gasteiger partial charge in [0.15, 0.2) is 10.9 Å². The number of furan rings is 1. The number of hydrogen-bond acceptors (Lipinski definition) is 6. The molecule has 0 saturated carbocycles. The molecule has 0 aliphatic rings. The van der Waals surface area contributed by atoms with E-state index >= 15 is 0 Å². The van der Waals surface area contributed by atoms with E-state index in [0.29, 0.717) is 28.3 Å². The van der Waals surface area contributed by atoms with Crippen molar-refractivity contribution in [3.8, 4) is 0 Å². The molecule has 0 spiro atoms. The molecule has 0 radical (unpaired) electrons. The topological polar surface area (TPSA) is 75.4 Å². The standard InChI is InChI=1S/C18H16ClN3O3S2/c1-2-7-22(10-13-5-6-15(19)27-13)16(23)9-12-11-26-18(20-12)21-17(24)14-4-3-8-25-14/h2-6,8,11H,1,7,9-10H2,(H,20,21,24). The summed E-state index contributed by atoms with van der Waals surface area (Å²) in [6.45, 7) is 4.61. The number of amides is 2. The van der Waals surface area contributed by atoms with Gasteiger partial charge < -0.3 is 9.32 Å². The van der Waals surface area contributed by atoms with Gasteiger partial charge in [-0.2, -0.15) is 0 Å². The number of halogens is 1. The fourth-order valence-corrected chi connectivity index (χ4v) is 4.12. The number of hydrogen-bond donors (Lipinski definition) is 1. The van der Waals surface area contributed by atoms with Gasteiger partial charge in [-0.05, 0) is 24.3 Å². The molecule has 9 heteroatoms. The van der Waals surface area contributed by atoms with Crippen molar-refractivity contribution in [3.05, 3.63) is 69.2 Å². The number of thiophene rings is 1. The highest BCUT2D eigenvalue weighted by atomic mass is 35.5. The fourth-order valence-electron chi connectivity index (χ4n) is 2.31. The first-order chi connectivity index (χ1) is 13.0. The molecular weight excluding hydrogens is 406 g/mol. The van der Waals surface area contributed by atoms with Crippen molar-refractivity contribution in [2.24, 2.45) is 0 Å². The molecule has 1 N–H and O–H groups in total. The number of rotatable bonds is 8. The normalized spacial score (nSPS) is 10.6. The van der Waals surface area contributed by atoms with Crippen LogP contribution in [0.25, 0.3) is 0 Å². The van der Waals surface area contributed by atoms with Crippen LogP contribution in [-0.2, 0) is 17.8 Å². The molecule has 0 aliphatic carbocycles. The van der Waals surface area contributed by atoms with Gasteiger partial charge in [0.2, 0.25) is 5.91 Å². The smallest absolute Gasteiger partial charge is 0.293 e. The van der Waals surface area contributed by atoms with Crippen LogP contribution >= 0.6 is 34.3 Å². The minimum absolute atomic E-state index is 0.0753. The molecule has 3 aromatic heterocycles. The van der Waals surface area contributed by atoms with E-state index in [1.54, 1.807) is 28.5 Å². The molecule has 3 heterocycles. The number of thiazole rings is 1. The van der Waals surface area contributed by atoms with Crippen molar-refractivity contribution in [1.29, 1.82) is 0 Å². The molecule has 0 bridgehead atoms. The average Bonchev–Trinajstić information content (AvgIpc) is 3.37. The van der Waals surface area contributed by atoms with Gasteiger partial charge in [0.25, 0.3) is 5.91 Å². The largest absolute Gasteiger partial charge is 0.459 e. The van der Waals surface area contributed by atoms with E-state index in [-0.39, 0.29) is 24.0 Å².